The number of unbranched alkanes of at least 4 members (excludes halogenated alkanes) is 1. The third-order valence-corrected chi connectivity index (χ3v) is 5.45. The Labute approximate surface area is 151 Å². The molecule has 1 aliphatic rings. The topological polar surface area (TPSA) is 30.9 Å². The molecule has 1 aromatic rings. The number of rotatable bonds is 8. The van der Waals surface area contributed by atoms with Crippen LogP contribution in [-0.2, 0) is 6.54 Å². The number of likely N-dealkylation sites (tertiary alicyclic amines) is 1. The van der Waals surface area contributed by atoms with Gasteiger partial charge in [-0.1, -0.05) is 12.1 Å². The molecule has 5 heteroatoms. The van der Waals surface area contributed by atoms with Crippen molar-refractivity contribution in [3.05, 3.63) is 35.0 Å². The first-order valence-electron chi connectivity index (χ1n) is 9.00. The van der Waals surface area contributed by atoms with E-state index in [2.05, 4.69) is 51.2 Å². The number of allylic oxidation sites excluding steroid dienone is 1. The van der Waals surface area contributed by atoms with Crippen molar-refractivity contribution < 1.29 is 0 Å². The van der Waals surface area contributed by atoms with Crippen LogP contribution in [0.25, 0.3) is 0 Å². The Morgan fingerprint density at radius 2 is 2.46 bits per heavy atom. The third-order valence-electron chi connectivity index (χ3n) is 4.59. The average molecular weight is 349 g/mol. The summed E-state index contributed by atoms with van der Waals surface area (Å²) in [7, 11) is 3.98. The van der Waals surface area contributed by atoms with E-state index in [1.54, 1.807) is 0 Å². The number of aliphatic imine (C=N–C) groups is 1. The Balaban J connectivity index is 1.74. The van der Waals surface area contributed by atoms with E-state index >= 15 is 0 Å². The highest BCUT2D eigenvalue weighted by Crippen LogP contribution is 2.20. The fourth-order valence-electron chi connectivity index (χ4n) is 3.28. The molecule has 1 aliphatic heterocycles. The second kappa shape index (κ2) is 10.5. The minimum Gasteiger partial charge on any atom is -0.356 e. The second-order valence-corrected chi connectivity index (χ2v) is 7.64. The maximum absolute atomic E-state index is 4.42. The molecule has 134 valence electrons. The molecule has 0 aliphatic carbocycles. The molecule has 24 heavy (non-hydrogen) atoms. The summed E-state index contributed by atoms with van der Waals surface area (Å²) in [4.78, 5) is 10.7. The van der Waals surface area contributed by atoms with Gasteiger partial charge in [0.15, 0.2) is 5.96 Å². The van der Waals surface area contributed by atoms with E-state index in [1.807, 2.05) is 24.5 Å². The Kier molecular flexibility index (Phi) is 8.33. The van der Waals surface area contributed by atoms with Crippen molar-refractivity contribution in [3.63, 3.8) is 0 Å². The summed E-state index contributed by atoms with van der Waals surface area (Å²) < 4.78 is 0. The predicted molar refractivity (Wildman–Crippen MR) is 106 cm³/mol. The molecule has 0 radical (unpaired) electrons. The number of piperidine rings is 1. The van der Waals surface area contributed by atoms with Crippen LogP contribution in [0.4, 0.5) is 0 Å². The fraction of sp³-hybridized carbons (Fsp3) is 0.632. The summed E-state index contributed by atoms with van der Waals surface area (Å²) in [5.41, 5.74) is 0. The summed E-state index contributed by atoms with van der Waals surface area (Å²) in [6.07, 6.45) is 6.77. The summed E-state index contributed by atoms with van der Waals surface area (Å²) >= 11 is 1.86. The van der Waals surface area contributed by atoms with E-state index in [9.17, 15) is 0 Å². The minimum absolute atomic E-state index is 0.706. The Hall–Kier alpha value is -1.33. The van der Waals surface area contributed by atoms with Crippen LogP contribution in [0.3, 0.4) is 0 Å². The maximum atomic E-state index is 4.42. The highest BCUT2D eigenvalue weighted by Gasteiger charge is 2.20. The van der Waals surface area contributed by atoms with Gasteiger partial charge in [-0.2, -0.15) is 0 Å². The maximum Gasteiger partial charge on any atom is 0.193 e. The molecule has 1 atom stereocenters. The molecular weight excluding hydrogens is 316 g/mol. The molecule has 1 saturated heterocycles. The lowest BCUT2D eigenvalue weighted by Crippen LogP contribution is -2.45. The number of nitrogens with zero attached hydrogens (tertiary/aromatic N) is 3. The molecule has 2 heterocycles. The van der Waals surface area contributed by atoms with Crippen LogP contribution in [0, 0.1) is 5.92 Å². The molecule has 1 aromatic heterocycles. The predicted octanol–water partition coefficient (Wildman–Crippen LogP) is 3.43. The number of hydrogen-bond donors (Lipinski definition) is 1. The molecule has 4 nitrogen and oxygen atoms in total. The van der Waals surface area contributed by atoms with Crippen molar-refractivity contribution in [2.75, 3.05) is 40.3 Å². The van der Waals surface area contributed by atoms with E-state index < -0.39 is 0 Å². The Bertz CT molecular complexity index is 497. The number of guanidine groups is 1. The zero-order chi connectivity index (χ0) is 17.2. The van der Waals surface area contributed by atoms with Gasteiger partial charge in [-0.25, -0.2) is 0 Å². The van der Waals surface area contributed by atoms with E-state index in [0.29, 0.717) is 5.92 Å². The number of hydrogen-bond acceptors (Lipinski definition) is 3. The molecule has 0 bridgehead atoms. The van der Waals surface area contributed by atoms with Gasteiger partial charge in [0.2, 0.25) is 0 Å². The molecule has 1 unspecified atom stereocenters. The van der Waals surface area contributed by atoms with E-state index in [0.717, 1.165) is 38.4 Å². The van der Waals surface area contributed by atoms with Crippen LogP contribution in [0.15, 0.2) is 35.2 Å². The van der Waals surface area contributed by atoms with Gasteiger partial charge in [0, 0.05) is 45.2 Å². The van der Waals surface area contributed by atoms with Gasteiger partial charge in [0.25, 0.3) is 0 Å². The first-order chi connectivity index (χ1) is 11.7. The van der Waals surface area contributed by atoms with Gasteiger partial charge >= 0.3 is 0 Å². The van der Waals surface area contributed by atoms with E-state index in [4.69, 9.17) is 0 Å². The van der Waals surface area contributed by atoms with Crippen LogP contribution in [0.2, 0.25) is 0 Å². The van der Waals surface area contributed by atoms with Crippen molar-refractivity contribution >= 4 is 17.3 Å². The van der Waals surface area contributed by atoms with Gasteiger partial charge < -0.3 is 10.2 Å². The van der Waals surface area contributed by atoms with E-state index in [-0.39, 0.29) is 0 Å². The normalized spacial score (nSPS) is 19.2. The van der Waals surface area contributed by atoms with Gasteiger partial charge in [-0.3, -0.25) is 9.89 Å². The highest BCUT2D eigenvalue weighted by atomic mass is 32.1. The van der Waals surface area contributed by atoms with Crippen LogP contribution in [0.1, 0.15) is 30.6 Å². The van der Waals surface area contributed by atoms with Crippen LogP contribution >= 0.6 is 11.3 Å². The standard InChI is InChI=1S/C19H32N4S/c1-4-5-6-11-22(3)19(20-2)21-14-17-9-7-12-23(15-17)16-18-10-8-13-24-18/h4,8,10,13,17H,1,5-7,9,11-12,14-16H2,2-3H3,(H,20,21). The van der Waals surface area contributed by atoms with Crippen molar-refractivity contribution in [2.45, 2.75) is 32.2 Å². The van der Waals surface area contributed by atoms with E-state index in [1.165, 1.54) is 30.8 Å². The van der Waals surface area contributed by atoms with Gasteiger partial charge in [0.05, 0.1) is 0 Å². The zero-order valence-corrected chi connectivity index (χ0v) is 16.0. The molecule has 2 rings (SSSR count). The molecule has 1 N–H and O–H groups in total. The van der Waals surface area contributed by atoms with Gasteiger partial charge in [-0.05, 0) is 49.6 Å². The third kappa shape index (κ3) is 6.29. The lowest BCUT2D eigenvalue weighted by molar-refractivity contribution is 0.169. The SMILES string of the molecule is C=CCCCN(C)C(=NC)NCC1CCCN(Cc2cccs2)C1. The van der Waals surface area contributed by atoms with Crippen molar-refractivity contribution in [1.29, 1.82) is 0 Å². The van der Waals surface area contributed by atoms with Crippen molar-refractivity contribution in [1.82, 2.24) is 15.1 Å². The first-order valence-corrected chi connectivity index (χ1v) is 9.88. The highest BCUT2D eigenvalue weighted by molar-refractivity contribution is 7.09. The fourth-order valence-corrected chi connectivity index (χ4v) is 4.03. The Morgan fingerprint density at radius 1 is 1.58 bits per heavy atom. The molecule has 0 amide bonds. The molecule has 1 fully saturated rings. The Morgan fingerprint density at radius 3 is 3.17 bits per heavy atom. The summed E-state index contributed by atoms with van der Waals surface area (Å²) in [5, 5.41) is 5.74. The molecule has 0 aromatic carbocycles. The summed E-state index contributed by atoms with van der Waals surface area (Å²) in [6.45, 7) is 9.32. The van der Waals surface area contributed by atoms with Crippen LogP contribution < -0.4 is 5.32 Å². The number of thiophene rings is 1. The molecule has 0 saturated carbocycles. The van der Waals surface area contributed by atoms with Gasteiger partial charge in [-0.15, -0.1) is 17.9 Å². The van der Waals surface area contributed by atoms with Gasteiger partial charge in [0.1, 0.15) is 0 Å². The zero-order valence-electron chi connectivity index (χ0n) is 15.2. The van der Waals surface area contributed by atoms with Crippen LogP contribution in [0.5, 0.6) is 0 Å². The quantitative estimate of drug-likeness (QED) is 0.338. The second-order valence-electron chi connectivity index (χ2n) is 6.60. The minimum atomic E-state index is 0.706. The largest absolute Gasteiger partial charge is 0.356 e. The van der Waals surface area contributed by atoms with Crippen molar-refractivity contribution in [3.8, 4) is 0 Å². The monoisotopic (exact) mass is 348 g/mol. The molecular formula is C19H32N4S. The average Bonchev–Trinajstić information content (AvgIpc) is 3.09. The first kappa shape index (κ1) is 19.0. The summed E-state index contributed by atoms with van der Waals surface area (Å²) in [5.74, 6) is 1.71. The molecule has 0 spiro atoms. The van der Waals surface area contributed by atoms with Crippen molar-refractivity contribution in [2.24, 2.45) is 10.9 Å². The smallest absolute Gasteiger partial charge is 0.193 e. The number of nitrogens with one attached hydrogen (secondary N) is 1. The van der Waals surface area contributed by atoms with Crippen LogP contribution in [-0.4, -0.2) is 56.0 Å². The lowest BCUT2D eigenvalue weighted by Gasteiger charge is -2.33. The summed E-state index contributed by atoms with van der Waals surface area (Å²) in [6, 6.07) is 4.39. The lowest BCUT2D eigenvalue weighted by atomic mass is 9.98.